The second-order valence-corrected chi connectivity index (χ2v) is 7.63. The molecule has 1 heterocycles. The number of carbonyl (C=O) groups is 3. The first-order valence-electron chi connectivity index (χ1n) is 9.53. The van der Waals surface area contributed by atoms with Gasteiger partial charge in [0.2, 0.25) is 11.8 Å². The second kappa shape index (κ2) is 8.76. The van der Waals surface area contributed by atoms with Gasteiger partial charge in [0.05, 0.1) is 24.7 Å². The Bertz CT molecular complexity index is 943. The molecule has 3 rings (SSSR count). The molecule has 0 aromatic heterocycles. The van der Waals surface area contributed by atoms with Crippen LogP contribution in [0.5, 0.6) is 0 Å². The van der Waals surface area contributed by atoms with Gasteiger partial charge in [0, 0.05) is 10.7 Å². The Morgan fingerprint density at radius 3 is 2.52 bits per heavy atom. The van der Waals surface area contributed by atoms with E-state index in [0.29, 0.717) is 22.9 Å². The van der Waals surface area contributed by atoms with Crippen LogP contribution in [0.1, 0.15) is 24.5 Å². The molecule has 1 fully saturated rings. The summed E-state index contributed by atoms with van der Waals surface area (Å²) < 4.78 is 0. The number of imide groups is 1. The number of rotatable bonds is 6. The molecule has 0 radical (unpaired) electrons. The van der Waals surface area contributed by atoms with E-state index in [9.17, 15) is 14.4 Å². The maximum Gasteiger partial charge on any atom is 0.251 e. The summed E-state index contributed by atoms with van der Waals surface area (Å²) in [4.78, 5) is 41.0. The molecule has 0 unspecified atom stereocenters. The molecule has 0 spiro atoms. The van der Waals surface area contributed by atoms with Gasteiger partial charge in [-0.2, -0.15) is 0 Å². The molecule has 6 nitrogen and oxygen atoms in total. The summed E-state index contributed by atoms with van der Waals surface area (Å²) in [5.41, 5.74) is 3.13. The van der Waals surface area contributed by atoms with E-state index < -0.39 is 6.04 Å². The lowest BCUT2D eigenvalue weighted by Crippen LogP contribution is -2.45. The lowest BCUT2D eigenvalue weighted by Gasteiger charge is -2.25. The molecule has 1 aliphatic rings. The highest BCUT2D eigenvalue weighted by molar-refractivity contribution is 6.31. The van der Waals surface area contributed by atoms with Crippen LogP contribution in [0, 0.1) is 13.8 Å². The van der Waals surface area contributed by atoms with E-state index in [1.165, 1.54) is 4.90 Å². The molecular formula is C22H24ClN3O3. The van der Waals surface area contributed by atoms with Crippen LogP contribution < -0.4 is 10.2 Å². The number of nitrogens with zero attached hydrogens (tertiary/aromatic N) is 2. The van der Waals surface area contributed by atoms with Gasteiger partial charge in [-0.3, -0.25) is 19.3 Å². The lowest BCUT2D eigenvalue weighted by molar-refractivity contribution is -0.123. The predicted octanol–water partition coefficient (Wildman–Crippen LogP) is 3.55. The molecular weight excluding hydrogens is 390 g/mol. The first kappa shape index (κ1) is 21.0. The Morgan fingerprint density at radius 1 is 1.17 bits per heavy atom. The van der Waals surface area contributed by atoms with Gasteiger partial charge in [0.25, 0.3) is 5.91 Å². The molecule has 0 saturated carbocycles. The number of halogens is 1. The van der Waals surface area contributed by atoms with Gasteiger partial charge in [-0.15, -0.1) is 0 Å². The topological polar surface area (TPSA) is 69.7 Å². The number of aryl methyl sites for hydroxylation is 2. The predicted molar refractivity (Wildman–Crippen MR) is 114 cm³/mol. The number of nitrogens with one attached hydrogen (secondary N) is 1. The van der Waals surface area contributed by atoms with E-state index in [1.807, 2.05) is 39.0 Å². The third kappa shape index (κ3) is 4.66. The molecule has 2 aromatic carbocycles. The number of hydrogen-bond donors (Lipinski definition) is 1. The largest absolute Gasteiger partial charge is 0.325 e. The quantitative estimate of drug-likeness (QED) is 0.735. The first-order valence-corrected chi connectivity index (χ1v) is 9.91. The SMILES string of the molecule is CCN(CC(=O)Nc1cc(Cl)ccc1C)[C@H]1CC(=O)N(c2ccc(C)cc2)C1=O. The summed E-state index contributed by atoms with van der Waals surface area (Å²) in [5.74, 6) is -0.813. The summed E-state index contributed by atoms with van der Waals surface area (Å²) >= 11 is 6.01. The van der Waals surface area contributed by atoms with Crippen molar-refractivity contribution in [2.75, 3.05) is 23.3 Å². The van der Waals surface area contributed by atoms with E-state index in [2.05, 4.69) is 5.32 Å². The summed E-state index contributed by atoms with van der Waals surface area (Å²) in [7, 11) is 0. The summed E-state index contributed by atoms with van der Waals surface area (Å²) in [5, 5.41) is 3.37. The monoisotopic (exact) mass is 413 g/mol. The highest BCUT2D eigenvalue weighted by Crippen LogP contribution is 2.26. The maximum absolute atomic E-state index is 13.0. The van der Waals surface area contributed by atoms with E-state index in [0.717, 1.165) is 11.1 Å². The molecule has 1 aliphatic heterocycles. The molecule has 1 saturated heterocycles. The van der Waals surface area contributed by atoms with Crippen molar-refractivity contribution in [1.29, 1.82) is 0 Å². The van der Waals surface area contributed by atoms with Crippen molar-refractivity contribution < 1.29 is 14.4 Å². The molecule has 1 N–H and O–H groups in total. The van der Waals surface area contributed by atoms with Crippen LogP contribution in [-0.2, 0) is 14.4 Å². The number of benzene rings is 2. The van der Waals surface area contributed by atoms with Gasteiger partial charge >= 0.3 is 0 Å². The van der Waals surface area contributed by atoms with Crippen molar-refractivity contribution in [2.24, 2.45) is 0 Å². The average molecular weight is 414 g/mol. The summed E-state index contributed by atoms with van der Waals surface area (Å²) in [6, 6.07) is 11.9. The lowest BCUT2D eigenvalue weighted by atomic mass is 10.2. The fourth-order valence-corrected chi connectivity index (χ4v) is 3.58. The Balaban J connectivity index is 1.72. The number of hydrogen-bond acceptors (Lipinski definition) is 4. The van der Waals surface area contributed by atoms with Crippen molar-refractivity contribution in [3.63, 3.8) is 0 Å². The molecule has 1 atom stereocenters. The normalized spacial score (nSPS) is 16.6. The zero-order valence-corrected chi connectivity index (χ0v) is 17.5. The van der Waals surface area contributed by atoms with Gasteiger partial charge in [-0.25, -0.2) is 4.90 Å². The smallest absolute Gasteiger partial charge is 0.251 e. The molecule has 7 heteroatoms. The standard InChI is InChI=1S/C22H24ClN3O3/c1-4-25(13-20(27)24-18-11-16(23)8-7-15(18)3)19-12-21(28)26(22(19)29)17-9-5-14(2)6-10-17/h5-11,19H,4,12-13H2,1-3H3,(H,24,27)/t19-/m0/s1. The van der Waals surface area contributed by atoms with Crippen LogP contribution in [0.4, 0.5) is 11.4 Å². The Morgan fingerprint density at radius 2 is 1.86 bits per heavy atom. The fraction of sp³-hybridized carbons (Fsp3) is 0.318. The molecule has 2 aromatic rings. The van der Waals surface area contributed by atoms with Crippen molar-refractivity contribution >= 4 is 40.7 Å². The highest BCUT2D eigenvalue weighted by atomic mass is 35.5. The van der Waals surface area contributed by atoms with Crippen LogP contribution in [0.2, 0.25) is 5.02 Å². The zero-order valence-electron chi connectivity index (χ0n) is 16.7. The third-order valence-electron chi connectivity index (χ3n) is 5.08. The summed E-state index contributed by atoms with van der Waals surface area (Å²) in [6.45, 7) is 6.16. The van der Waals surface area contributed by atoms with Gasteiger partial charge < -0.3 is 5.32 Å². The van der Waals surface area contributed by atoms with Crippen LogP contribution in [0.15, 0.2) is 42.5 Å². The molecule has 0 bridgehead atoms. The fourth-order valence-electron chi connectivity index (χ4n) is 3.41. The highest BCUT2D eigenvalue weighted by Gasteiger charge is 2.42. The first-order chi connectivity index (χ1) is 13.8. The average Bonchev–Trinajstić information content (AvgIpc) is 2.98. The minimum Gasteiger partial charge on any atom is -0.325 e. The number of likely N-dealkylation sites (N-methyl/N-ethyl adjacent to an activating group) is 1. The van der Waals surface area contributed by atoms with E-state index in [4.69, 9.17) is 11.6 Å². The number of carbonyl (C=O) groups excluding carboxylic acids is 3. The van der Waals surface area contributed by atoms with Crippen LogP contribution >= 0.6 is 11.6 Å². The number of anilines is 2. The Kier molecular flexibility index (Phi) is 6.35. The van der Waals surface area contributed by atoms with Crippen LogP contribution in [0.3, 0.4) is 0 Å². The van der Waals surface area contributed by atoms with E-state index >= 15 is 0 Å². The molecule has 29 heavy (non-hydrogen) atoms. The van der Waals surface area contributed by atoms with Crippen LogP contribution in [-0.4, -0.2) is 41.8 Å². The molecule has 152 valence electrons. The molecule has 0 aliphatic carbocycles. The van der Waals surface area contributed by atoms with Crippen molar-refractivity contribution in [3.8, 4) is 0 Å². The zero-order chi connectivity index (χ0) is 21.1. The Labute approximate surface area is 175 Å². The van der Waals surface area contributed by atoms with Gasteiger partial charge in [-0.1, -0.05) is 42.3 Å². The summed E-state index contributed by atoms with van der Waals surface area (Å²) in [6.07, 6.45) is 0.0595. The van der Waals surface area contributed by atoms with Gasteiger partial charge in [0.15, 0.2) is 0 Å². The van der Waals surface area contributed by atoms with Gasteiger partial charge in [-0.05, 0) is 50.2 Å². The third-order valence-corrected chi connectivity index (χ3v) is 5.32. The van der Waals surface area contributed by atoms with Crippen molar-refractivity contribution in [1.82, 2.24) is 4.90 Å². The minimum atomic E-state index is -0.653. The minimum absolute atomic E-state index is 0.00782. The number of amides is 3. The molecule has 3 amide bonds. The van der Waals surface area contributed by atoms with Crippen LogP contribution in [0.25, 0.3) is 0 Å². The maximum atomic E-state index is 13.0. The van der Waals surface area contributed by atoms with Gasteiger partial charge in [0.1, 0.15) is 0 Å². The van der Waals surface area contributed by atoms with E-state index in [-0.39, 0.29) is 30.7 Å². The van der Waals surface area contributed by atoms with Crippen molar-refractivity contribution in [3.05, 3.63) is 58.6 Å². The second-order valence-electron chi connectivity index (χ2n) is 7.19. The van der Waals surface area contributed by atoms with E-state index in [1.54, 1.807) is 29.2 Å². The Hall–Kier alpha value is -2.70. The van der Waals surface area contributed by atoms with Crippen molar-refractivity contribution in [2.45, 2.75) is 33.2 Å².